The second-order valence-electron chi connectivity index (χ2n) is 7.95. The maximum atomic E-state index is 12.8. The quantitative estimate of drug-likeness (QED) is 0.390. The van der Waals surface area contributed by atoms with Gasteiger partial charge < -0.3 is 9.88 Å². The highest BCUT2D eigenvalue weighted by atomic mass is 16.1. The molecule has 160 valence electrons. The summed E-state index contributed by atoms with van der Waals surface area (Å²) in [5, 5.41) is 3.09. The third-order valence-corrected chi connectivity index (χ3v) is 5.70. The fourth-order valence-corrected chi connectivity index (χ4v) is 3.61. The van der Waals surface area contributed by atoms with Gasteiger partial charge in [0.15, 0.2) is 0 Å². The third-order valence-electron chi connectivity index (χ3n) is 5.70. The normalized spacial score (nSPS) is 12.1. The molecule has 0 aliphatic carbocycles. The summed E-state index contributed by atoms with van der Waals surface area (Å²) in [7, 11) is 0. The Hall–Kier alpha value is -3.92. The smallest absolute Gasteiger partial charge is 0.251 e. The second kappa shape index (κ2) is 9.92. The van der Waals surface area contributed by atoms with E-state index in [9.17, 15) is 4.79 Å². The first-order valence-corrected chi connectivity index (χ1v) is 10.8. The molecule has 0 spiro atoms. The van der Waals surface area contributed by atoms with Gasteiger partial charge in [-0.05, 0) is 53.8 Å². The number of nitrogens with zero attached hydrogens (tertiary/aromatic N) is 2. The molecule has 32 heavy (non-hydrogen) atoms. The second-order valence-corrected chi connectivity index (χ2v) is 7.95. The van der Waals surface area contributed by atoms with Crippen molar-refractivity contribution in [1.29, 1.82) is 0 Å². The van der Waals surface area contributed by atoms with Crippen LogP contribution < -0.4 is 5.32 Å². The van der Waals surface area contributed by atoms with Gasteiger partial charge >= 0.3 is 0 Å². The van der Waals surface area contributed by atoms with Crippen molar-refractivity contribution in [2.24, 2.45) is 0 Å². The summed E-state index contributed by atoms with van der Waals surface area (Å²) < 4.78 is 2.03. The van der Waals surface area contributed by atoms with Crippen LogP contribution in [-0.2, 0) is 0 Å². The van der Waals surface area contributed by atoms with Crippen molar-refractivity contribution in [3.8, 4) is 0 Å². The van der Waals surface area contributed by atoms with Gasteiger partial charge in [-0.2, -0.15) is 0 Å². The van der Waals surface area contributed by atoms with Gasteiger partial charge in [0.05, 0.1) is 12.4 Å². The van der Waals surface area contributed by atoms with E-state index >= 15 is 0 Å². The Labute approximate surface area is 189 Å². The summed E-state index contributed by atoms with van der Waals surface area (Å²) >= 11 is 0. The van der Waals surface area contributed by atoms with Crippen LogP contribution in [0.5, 0.6) is 0 Å². The Morgan fingerprint density at radius 3 is 2.31 bits per heavy atom. The minimum atomic E-state index is -0.0856. The van der Waals surface area contributed by atoms with Crippen molar-refractivity contribution < 1.29 is 4.79 Å². The maximum Gasteiger partial charge on any atom is 0.251 e. The summed E-state index contributed by atoms with van der Waals surface area (Å²) in [5.41, 5.74) is 6.48. The molecular weight excluding hydrogens is 394 g/mol. The lowest BCUT2D eigenvalue weighted by molar-refractivity contribution is 0.0950. The number of benzene rings is 3. The Balaban J connectivity index is 1.44. The van der Waals surface area contributed by atoms with Gasteiger partial charge in [-0.3, -0.25) is 4.79 Å². The van der Waals surface area contributed by atoms with Gasteiger partial charge in [-0.25, -0.2) is 4.98 Å². The van der Waals surface area contributed by atoms with Crippen molar-refractivity contribution in [3.05, 3.63) is 125 Å². The molecule has 0 bridgehead atoms. The number of aromatic nitrogens is 2. The Bertz CT molecular complexity index is 1190. The molecule has 0 saturated carbocycles. The van der Waals surface area contributed by atoms with Crippen molar-refractivity contribution >= 4 is 18.1 Å². The van der Waals surface area contributed by atoms with Crippen molar-refractivity contribution in [3.63, 3.8) is 0 Å². The highest BCUT2D eigenvalue weighted by Gasteiger charge is 2.16. The van der Waals surface area contributed by atoms with E-state index in [-0.39, 0.29) is 11.9 Å². The standard InChI is InChI=1S/C28H27N3O/c1-21-8-13-26(18-22(21)2)27(31-17-16-29-20-31)19-30-28(32)25-14-11-24(12-15-25)10-9-23-6-4-3-5-7-23/h3-18,20,27H,19H2,1-2H3,(H,30,32)/b10-9+. The van der Waals surface area contributed by atoms with E-state index in [1.807, 2.05) is 59.3 Å². The first-order chi connectivity index (χ1) is 15.6. The number of imidazole rings is 1. The fraction of sp³-hybridized carbons (Fsp3) is 0.143. The molecule has 0 fully saturated rings. The van der Waals surface area contributed by atoms with Crippen molar-refractivity contribution in [2.45, 2.75) is 19.9 Å². The summed E-state index contributed by atoms with van der Waals surface area (Å²) in [5.74, 6) is -0.0856. The van der Waals surface area contributed by atoms with Crippen molar-refractivity contribution in [1.82, 2.24) is 14.9 Å². The lowest BCUT2D eigenvalue weighted by Gasteiger charge is -2.20. The summed E-state index contributed by atoms with van der Waals surface area (Å²) in [6.45, 7) is 4.69. The Morgan fingerprint density at radius 2 is 1.66 bits per heavy atom. The third kappa shape index (κ3) is 5.22. The zero-order valence-electron chi connectivity index (χ0n) is 18.4. The van der Waals surface area contributed by atoms with Gasteiger partial charge in [0.1, 0.15) is 0 Å². The predicted molar refractivity (Wildman–Crippen MR) is 130 cm³/mol. The molecule has 4 aromatic rings. The molecule has 3 aromatic carbocycles. The minimum Gasteiger partial charge on any atom is -0.350 e. The molecule has 4 nitrogen and oxygen atoms in total. The van der Waals surface area contributed by atoms with Crippen LogP contribution in [0.1, 0.15) is 44.2 Å². The molecule has 0 saturated heterocycles. The average Bonchev–Trinajstić information content (AvgIpc) is 3.35. The number of hydrogen-bond acceptors (Lipinski definition) is 2. The van der Waals surface area contributed by atoms with E-state index in [0.29, 0.717) is 12.1 Å². The van der Waals surface area contributed by atoms with Gasteiger partial charge in [-0.1, -0.05) is 72.8 Å². The number of carbonyl (C=O) groups excluding carboxylic acids is 1. The summed E-state index contributed by atoms with van der Waals surface area (Å²) in [6, 6.07) is 24.2. The zero-order valence-corrected chi connectivity index (χ0v) is 18.4. The van der Waals surface area contributed by atoms with E-state index in [4.69, 9.17) is 0 Å². The molecule has 1 N–H and O–H groups in total. The first kappa shape index (κ1) is 21.3. The van der Waals surface area contributed by atoms with Crippen LogP contribution in [0, 0.1) is 13.8 Å². The number of rotatable bonds is 7. The molecule has 4 heteroatoms. The number of hydrogen-bond donors (Lipinski definition) is 1. The molecule has 1 atom stereocenters. The number of aryl methyl sites for hydroxylation is 2. The number of amides is 1. The van der Waals surface area contributed by atoms with Gasteiger partial charge in [0.2, 0.25) is 0 Å². The van der Waals surface area contributed by atoms with E-state index in [1.54, 1.807) is 12.5 Å². The van der Waals surface area contributed by atoms with Crippen LogP contribution >= 0.6 is 0 Å². The lowest BCUT2D eigenvalue weighted by atomic mass is 10.0. The largest absolute Gasteiger partial charge is 0.350 e. The maximum absolute atomic E-state index is 12.8. The first-order valence-electron chi connectivity index (χ1n) is 10.8. The van der Waals surface area contributed by atoms with Crippen LogP contribution in [0.3, 0.4) is 0 Å². The van der Waals surface area contributed by atoms with Gasteiger partial charge in [-0.15, -0.1) is 0 Å². The monoisotopic (exact) mass is 421 g/mol. The summed E-state index contributed by atoms with van der Waals surface area (Å²) in [6.07, 6.45) is 9.59. The van der Waals surface area contributed by atoms with Crippen LogP contribution in [0.2, 0.25) is 0 Å². The van der Waals surface area contributed by atoms with Crippen LogP contribution in [0.4, 0.5) is 0 Å². The molecular formula is C28H27N3O. The zero-order chi connectivity index (χ0) is 22.3. The van der Waals surface area contributed by atoms with E-state index < -0.39 is 0 Å². The molecule has 1 unspecified atom stereocenters. The molecule has 1 aromatic heterocycles. The molecule has 0 aliphatic heterocycles. The highest BCUT2D eigenvalue weighted by Crippen LogP contribution is 2.21. The van der Waals surface area contributed by atoms with Gasteiger partial charge in [0, 0.05) is 24.5 Å². The predicted octanol–water partition coefficient (Wildman–Crippen LogP) is 5.69. The molecule has 4 rings (SSSR count). The number of carbonyl (C=O) groups is 1. The molecule has 1 heterocycles. The van der Waals surface area contributed by atoms with Crippen molar-refractivity contribution in [2.75, 3.05) is 6.54 Å². The van der Waals surface area contributed by atoms with Crippen LogP contribution in [-0.4, -0.2) is 22.0 Å². The average molecular weight is 422 g/mol. The summed E-state index contributed by atoms with van der Waals surface area (Å²) in [4.78, 5) is 17.0. The molecule has 0 aliphatic rings. The fourth-order valence-electron chi connectivity index (χ4n) is 3.61. The van der Waals surface area contributed by atoms with Gasteiger partial charge in [0.25, 0.3) is 5.91 Å². The minimum absolute atomic E-state index is 0.0196. The highest BCUT2D eigenvalue weighted by molar-refractivity contribution is 5.94. The Kier molecular flexibility index (Phi) is 6.61. The van der Waals surface area contributed by atoms with E-state index in [1.165, 1.54) is 11.1 Å². The molecule has 0 radical (unpaired) electrons. The van der Waals surface area contributed by atoms with Crippen LogP contribution in [0.15, 0.2) is 91.5 Å². The number of nitrogens with one attached hydrogen (secondary N) is 1. The topological polar surface area (TPSA) is 46.9 Å². The Morgan fingerprint density at radius 1 is 0.938 bits per heavy atom. The lowest BCUT2D eigenvalue weighted by Crippen LogP contribution is -2.31. The van der Waals surface area contributed by atoms with E-state index in [0.717, 1.165) is 16.7 Å². The van der Waals surface area contributed by atoms with E-state index in [2.05, 4.69) is 60.6 Å². The SMILES string of the molecule is Cc1ccc(C(CNC(=O)c2ccc(/C=C/c3ccccc3)cc2)n2ccnc2)cc1C. The molecule has 1 amide bonds. The van der Waals surface area contributed by atoms with Crippen LogP contribution in [0.25, 0.3) is 12.2 Å².